The number of rotatable bonds is 5. The molecule has 2 aromatic heterocycles. The molecule has 2 unspecified atom stereocenters. The van der Waals surface area contributed by atoms with E-state index >= 15 is 0 Å². The number of aromatic nitrogens is 1. The molecule has 0 bridgehead atoms. The number of nitrogens with zero attached hydrogens (tertiary/aromatic N) is 1. The van der Waals surface area contributed by atoms with Crippen LogP contribution < -0.4 is 5.32 Å². The van der Waals surface area contributed by atoms with Crippen molar-refractivity contribution in [3.05, 3.63) is 29.0 Å². The number of hydrogen-bond donors (Lipinski definition) is 2. The topological polar surface area (TPSA) is 92.4 Å². The van der Waals surface area contributed by atoms with E-state index in [1.54, 1.807) is 0 Å². The molecule has 2 atom stereocenters. The molecule has 2 heterocycles. The fraction of sp³-hybridized carbons (Fsp3) is 0.526. The highest BCUT2D eigenvalue weighted by Crippen LogP contribution is 2.26. The lowest BCUT2D eigenvalue weighted by Crippen LogP contribution is -2.44. The quantitative estimate of drug-likeness (QED) is 0.828. The Bertz CT molecular complexity index is 767. The highest BCUT2D eigenvalue weighted by atomic mass is 32.1. The monoisotopic (exact) mass is 376 g/mol. The van der Waals surface area contributed by atoms with Gasteiger partial charge in [0.05, 0.1) is 18.0 Å². The highest BCUT2D eigenvalue weighted by molar-refractivity contribution is 7.13. The van der Waals surface area contributed by atoms with E-state index in [1.165, 1.54) is 11.3 Å². The number of aliphatic carboxylic acids is 1. The number of thiazole rings is 1. The van der Waals surface area contributed by atoms with Crippen LogP contribution in [-0.4, -0.2) is 28.0 Å². The van der Waals surface area contributed by atoms with Gasteiger partial charge in [-0.05, 0) is 31.9 Å². The number of aryl methyl sites for hydroxylation is 1. The maximum Gasteiger partial charge on any atom is 0.308 e. The molecule has 1 aliphatic carbocycles. The Balaban J connectivity index is 1.62. The van der Waals surface area contributed by atoms with Crippen LogP contribution in [0.25, 0.3) is 10.8 Å². The SMILES string of the molecule is Cc1ccc(-c2nc(CC(=O)NC3CCCCCCC3C(=O)O)cs2)o1. The molecule has 1 aliphatic rings. The zero-order valence-electron chi connectivity index (χ0n) is 14.9. The molecule has 1 amide bonds. The highest BCUT2D eigenvalue weighted by Gasteiger charge is 2.30. The van der Waals surface area contributed by atoms with Gasteiger partial charge in [0.25, 0.3) is 0 Å². The van der Waals surface area contributed by atoms with E-state index in [1.807, 2.05) is 24.4 Å². The first-order valence-electron chi connectivity index (χ1n) is 9.06. The first kappa shape index (κ1) is 18.6. The van der Waals surface area contributed by atoms with Crippen molar-refractivity contribution < 1.29 is 19.1 Å². The summed E-state index contributed by atoms with van der Waals surface area (Å²) in [6.45, 7) is 1.87. The second-order valence-corrected chi connectivity index (χ2v) is 7.70. The van der Waals surface area contributed by atoms with Crippen LogP contribution in [0.1, 0.15) is 50.0 Å². The average molecular weight is 376 g/mol. The van der Waals surface area contributed by atoms with Gasteiger partial charge in [-0.1, -0.05) is 25.7 Å². The second-order valence-electron chi connectivity index (χ2n) is 6.84. The van der Waals surface area contributed by atoms with Crippen molar-refractivity contribution in [2.45, 2.75) is 57.9 Å². The molecule has 1 fully saturated rings. The largest absolute Gasteiger partial charge is 0.481 e. The van der Waals surface area contributed by atoms with Gasteiger partial charge in [-0.3, -0.25) is 9.59 Å². The van der Waals surface area contributed by atoms with Gasteiger partial charge in [0, 0.05) is 11.4 Å². The summed E-state index contributed by atoms with van der Waals surface area (Å²) in [6.07, 6.45) is 5.51. The van der Waals surface area contributed by atoms with Gasteiger partial charge < -0.3 is 14.8 Å². The van der Waals surface area contributed by atoms with E-state index in [0.717, 1.165) is 42.9 Å². The van der Waals surface area contributed by atoms with Crippen molar-refractivity contribution in [2.24, 2.45) is 5.92 Å². The predicted octanol–water partition coefficient (Wildman–Crippen LogP) is 3.79. The third-order valence-corrected chi connectivity index (χ3v) is 5.68. The van der Waals surface area contributed by atoms with E-state index in [-0.39, 0.29) is 18.4 Å². The lowest BCUT2D eigenvalue weighted by molar-refractivity contribution is -0.143. The van der Waals surface area contributed by atoms with Crippen molar-refractivity contribution >= 4 is 23.2 Å². The number of furan rings is 1. The number of hydrogen-bond acceptors (Lipinski definition) is 5. The van der Waals surface area contributed by atoms with E-state index in [9.17, 15) is 14.7 Å². The fourth-order valence-corrected chi connectivity index (χ4v) is 4.21. The number of carboxylic acid groups (broad SMARTS) is 1. The minimum atomic E-state index is -0.818. The first-order chi connectivity index (χ1) is 12.5. The fourth-order valence-electron chi connectivity index (χ4n) is 3.43. The number of amides is 1. The van der Waals surface area contributed by atoms with Crippen molar-refractivity contribution in [3.8, 4) is 10.8 Å². The molecule has 6 nitrogen and oxygen atoms in total. The van der Waals surface area contributed by atoms with E-state index < -0.39 is 11.9 Å². The number of carbonyl (C=O) groups excluding carboxylic acids is 1. The predicted molar refractivity (Wildman–Crippen MR) is 99.0 cm³/mol. The molecule has 1 saturated carbocycles. The molecule has 0 aromatic carbocycles. The molecular formula is C19H24N2O4S. The lowest BCUT2D eigenvalue weighted by Gasteiger charge is -2.27. The first-order valence-corrected chi connectivity index (χ1v) is 9.94. The molecule has 0 saturated heterocycles. The summed E-state index contributed by atoms with van der Waals surface area (Å²) in [5.41, 5.74) is 0.675. The molecule has 140 valence electrons. The Morgan fingerprint density at radius 2 is 2.04 bits per heavy atom. The van der Waals surface area contributed by atoms with Crippen molar-refractivity contribution in [2.75, 3.05) is 0 Å². The van der Waals surface area contributed by atoms with Crippen LogP contribution in [0, 0.1) is 12.8 Å². The lowest BCUT2D eigenvalue weighted by atomic mass is 9.86. The minimum absolute atomic E-state index is 0.152. The van der Waals surface area contributed by atoms with Gasteiger partial charge in [-0.2, -0.15) is 0 Å². The Labute approximate surface area is 156 Å². The van der Waals surface area contributed by atoms with Crippen LogP contribution in [0.2, 0.25) is 0 Å². The van der Waals surface area contributed by atoms with Gasteiger partial charge in [-0.25, -0.2) is 4.98 Å². The third-order valence-electron chi connectivity index (χ3n) is 4.77. The summed E-state index contributed by atoms with van der Waals surface area (Å²) < 4.78 is 5.56. The minimum Gasteiger partial charge on any atom is -0.481 e. The van der Waals surface area contributed by atoms with Crippen LogP contribution >= 0.6 is 11.3 Å². The van der Waals surface area contributed by atoms with Crippen LogP contribution in [-0.2, 0) is 16.0 Å². The molecule has 3 rings (SSSR count). The molecule has 26 heavy (non-hydrogen) atoms. The van der Waals surface area contributed by atoms with Crippen molar-refractivity contribution in [1.82, 2.24) is 10.3 Å². The van der Waals surface area contributed by atoms with E-state index in [0.29, 0.717) is 17.9 Å². The van der Waals surface area contributed by atoms with Crippen LogP contribution in [0.5, 0.6) is 0 Å². The number of carboxylic acids is 1. The molecule has 0 spiro atoms. The zero-order chi connectivity index (χ0) is 18.5. The third kappa shape index (κ3) is 4.72. The summed E-state index contributed by atoms with van der Waals surface area (Å²) in [4.78, 5) is 28.5. The average Bonchev–Trinajstić information content (AvgIpc) is 3.18. The number of carbonyl (C=O) groups is 2. The molecule has 7 heteroatoms. The summed E-state index contributed by atoms with van der Waals surface area (Å²) in [5, 5.41) is 15.0. The molecule has 0 aliphatic heterocycles. The Hall–Kier alpha value is -2.15. The summed E-state index contributed by atoms with van der Waals surface area (Å²) in [5.74, 6) is 0.0237. The van der Waals surface area contributed by atoms with Crippen LogP contribution in [0.3, 0.4) is 0 Å². The maximum absolute atomic E-state index is 12.4. The van der Waals surface area contributed by atoms with Crippen molar-refractivity contribution in [1.29, 1.82) is 0 Å². The normalized spacial score (nSPS) is 21.0. The van der Waals surface area contributed by atoms with Gasteiger partial charge in [-0.15, -0.1) is 11.3 Å². The van der Waals surface area contributed by atoms with E-state index in [4.69, 9.17) is 4.42 Å². The van der Waals surface area contributed by atoms with Crippen molar-refractivity contribution in [3.63, 3.8) is 0 Å². The van der Waals surface area contributed by atoms with Gasteiger partial charge >= 0.3 is 5.97 Å². The van der Waals surface area contributed by atoms with Crippen LogP contribution in [0.4, 0.5) is 0 Å². The van der Waals surface area contributed by atoms with Gasteiger partial charge in [0.2, 0.25) is 5.91 Å². The molecule has 0 radical (unpaired) electrons. The molecular weight excluding hydrogens is 352 g/mol. The van der Waals surface area contributed by atoms with Gasteiger partial charge in [0.1, 0.15) is 5.76 Å². The van der Waals surface area contributed by atoms with Crippen LogP contribution in [0.15, 0.2) is 21.9 Å². The maximum atomic E-state index is 12.4. The second kappa shape index (κ2) is 8.49. The standard InChI is InChI=1S/C19H24N2O4S/c1-12-8-9-16(25-12)18-20-13(11-26-18)10-17(22)21-15-7-5-3-2-4-6-14(15)19(23)24/h8-9,11,14-15H,2-7,10H2,1H3,(H,21,22)(H,23,24). The summed E-state index contributed by atoms with van der Waals surface area (Å²) in [6, 6.07) is 3.44. The molecule has 2 N–H and O–H groups in total. The Morgan fingerprint density at radius 1 is 1.27 bits per heavy atom. The zero-order valence-corrected chi connectivity index (χ0v) is 15.7. The van der Waals surface area contributed by atoms with E-state index in [2.05, 4.69) is 10.3 Å². The summed E-state index contributed by atoms with van der Waals surface area (Å²) in [7, 11) is 0. The molecule has 2 aromatic rings. The Morgan fingerprint density at radius 3 is 2.73 bits per heavy atom. The smallest absolute Gasteiger partial charge is 0.308 e. The Kier molecular flexibility index (Phi) is 6.08. The summed E-state index contributed by atoms with van der Waals surface area (Å²) >= 11 is 1.44. The van der Waals surface area contributed by atoms with Gasteiger partial charge in [0.15, 0.2) is 10.8 Å². The number of nitrogens with one attached hydrogen (secondary N) is 1.